The minimum Gasteiger partial charge on any atom is -0.494 e. The van der Waals surface area contributed by atoms with Crippen LogP contribution < -0.4 is 4.74 Å². The monoisotopic (exact) mass is 253 g/mol. The van der Waals surface area contributed by atoms with E-state index in [9.17, 15) is 19.7 Å². The van der Waals surface area contributed by atoms with Crippen molar-refractivity contribution in [3.05, 3.63) is 33.9 Å². The number of nitro groups is 1. The number of aldehydes is 1. The number of nitrogens with zero attached hydrogens (tertiary/aromatic N) is 1. The molecule has 7 heteroatoms. The van der Waals surface area contributed by atoms with Gasteiger partial charge in [0.1, 0.15) is 5.75 Å². The first kappa shape index (κ1) is 13.6. The molecule has 0 spiro atoms. The van der Waals surface area contributed by atoms with E-state index in [2.05, 4.69) is 0 Å². The molecule has 0 aromatic heterocycles. The summed E-state index contributed by atoms with van der Waals surface area (Å²) in [5.41, 5.74) is -0.362. The van der Waals surface area contributed by atoms with Crippen LogP contribution in [0.25, 0.3) is 0 Å². The molecule has 0 saturated heterocycles. The Kier molecular flexibility index (Phi) is 4.79. The number of carbonyl (C=O) groups excluding carboxylic acids is 1. The molecule has 0 aliphatic heterocycles. The van der Waals surface area contributed by atoms with Gasteiger partial charge in [-0.2, -0.15) is 0 Å². The molecule has 1 aromatic rings. The zero-order valence-electron chi connectivity index (χ0n) is 9.37. The van der Waals surface area contributed by atoms with E-state index in [4.69, 9.17) is 9.84 Å². The molecule has 0 atom stereocenters. The van der Waals surface area contributed by atoms with Gasteiger partial charge in [-0.05, 0) is 18.6 Å². The van der Waals surface area contributed by atoms with Gasteiger partial charge < -0.3 is 9.84 Å². The van der Waals surface area contributed by atoms with Crippen molar-refractivity contribution >= 4 is 17.9 Å². The number of carboxylic acids is 1. The quantitative estimate of drug-likeness (QED) is 0.342. The van der Waals surface area contributed by atoms with Gasteiger partial charge in [-0.15, -0.1) is 0 Å². The van der Waals surface area contributed by atoms with Crippen molar-refractivity contribution in [1.82, 2.24) is 0 Å². The van der Waals surface area contributed by atoms with Gasteiger partial charge in [-0.1, -0.05) is 0 Å². The smallest absolute Gasteiger partial charge is 0.303 e. The number of rotatable bonds is 7. The van der Waals surface area contributed by atoms with Gasteiger partial charge in [-0.3, -0.25) is 19.7 Å². The maximum Gasteiger partial charge on any atom is 0.303 e. The van der Waals surface area contributed by atoms with Crippen LogP contribution in [0, 0.1) is 10.1 Å². The first-order valence-corrected chi connectivity index (χ1v) is 5.13. The van der Waals surface area contributed by atoms with Gasteiger partial charge in [0.2, 0.25) is 0 Å². The van der Waals surface area contributed by atoms with Gasteiger partial charge in [0.05, 0.1) is 17.1 Å². The molecule has 0 unspecified atom stereocenters. The summed E-state index contributed by atoms with van der Waals surface area (Å²) in [6.07, 6.45) is 0.679. The average molecular weight is 253 g/mol. The summed E-state index contributed by atoms with van der Waals surface area (Å²) in [4.78, 5) is 30.8. The summed E-state index contributed by atoms with van der Waals surface area (Å²) in [7, 11) is 0. The zero-order chi connectivity index (χ0) is 13.5. The molecule has 0 fully saturated rings. The standard InChI is InChI=1S/C11H11NO6/c13-7-8-6-9(3-4-10(8)12(16)17)18-5-1-2-11(14)15/h3-4,6-7H,1-2,5H2,(H,14,15). The first-order chi connectivity index (χ1) is 8.54. The zero-order valence-corrected chi connectivity index (χ0v) is 9.37. The number of carbonyl (C=O) groups is 2. The Bertz CT molecular complexity index is 471. The highest BCUT2D eigenvalue weighted by Crippen LogP contribution is 2.22. The summed E-state index contributed by atoms with van der Waals surface area (Å²) in [6.45, 7) is 0.169. The van der Waals surface area contributed by atoms with Crippen LogP contribution in [0.1, 0.15) is 23.2 Å². The van der Waals surface area contributed by atoms with Crippen LogP contribution in [0.2, 0.25) is 0 Å². The molecule has 7 nitrogen and oxygen atoms in total. The van der Waals surface area contributed by atoms with E-state index in [1.807, 2.05) is 0 Å². The third-order valence-corrected chi connectivity index (χ3v) is 2.13. The summed E-state index contributed by atoms with van der Waals surface area (Å²) >= 11 is 0. The van der Waals surface area contributed by atoms with Crippen LogP contribution in [0.3, 0.4) is 0 Å². The summed E-state index contributed by atoms with van der Waals surface area (Å²) < 4.78 is 5.19. The molecule has 0 aliphatic carbocycles. The third-order valence-electron chi connectivity index (χ3n) is 2.13. The topological polar surface area (TPSA) is 107 Å². The second kappa shape index (κ2) is 6.33. The second-order valence-electron chi connectivity index (χ2n) is 3.44. The van der Waals surface area contributed by atoms with Crippen LogP contribution in [0.4, 0.5) is 5.69 Å². The number of hydrogen-bond acceptors (Lipinski definition) is 5. The van der Waals surface area contributed by atoms with Crippen molar-refractivity contribution < 1.29 is 24.4 Å². The predicted molar refractivity (Wildman–Crippen MR) is 60.8 cm³/mol. The Labute approximate surface area is 102 Å². The van der Waals surface area contributed by atoms with E-state index in [0.29, 0.717) is 18.5 Å². The van der Waals surface area contributed by atoms with Crippen molar-refractivity contribution in [2.45, 2.75) is 12.8 Å². The van der Waals surface area contributed by atoms with E-state index in [-0.39, 0.29) is 24.3 Å². The highest BCUT2D eigenvalue weighted by molar-refractivity contribution is 5.82. The molecule has 0 bridgehead atoms. The molecule has 0 radical (unpaired) electrons. The van der Waals surface area contributed by atoms with Crippen LogP contribution >= 0.6 is 0 Å². The molecule has 18 heavy (non-hydrogen) atoms. The van der Waals surface area contributed by atoms with Crippen LogP contribution in [0.5, 0.6) is 5.75 Å². The maximum atomic E-state index is 10.7. The van der Waals surface area contributed by atoms with Crippen LogP contribution in [-0.2, 0) is 4.79 Å². The molecular formula is C11H11NO6. The molecule has 0 heterocycles. The number of carboxylic acid groups (broad SMARTS) is 1. The number of hydrogen-bond donors (Lipinski definition) is 1. The highest BCUT2D eigenvalue weighted by Gasteiger charge is 2.13. The number of aliphatic carboxylic acids is 1. The van der Waals surface area contributed by atoms with E-state index in [0.717, 1.165) is 0 Å². The maximum absolute atomic E-state index is 10.7. The molecule has 0 aliphatic rings. The summed E-state index contributed by atoms with van der Waals surface area (Å²) in [6, 6.07) is 3.80. The lowest BCUT2D eigenvalue weighted by Crippen LogP contribution is -2.03. The van der Waals surface area contributed by atoms with E-state index < -0.39 is 10.9 Å². The number of ether oxygens (including phenoxy) is 1. The van der Waals surface area contributed by atoms with Gasteiger partial charge in [0, 0.05) is 12.5 Å². The van der Waals surface area contributed by atoms with Crippen LogP contribution in [-0.4, -0.2) is 28.9 Å². The second-order valence-corrected chi connectivity index (χ2v) is 3.44. The fourth-order valence-electron chi connectivity index (χ4n) is 1.30. The minimum absolute atomic E-state index is 0.0203. The van der Waals surface area contributed by atoms with Crippen molar-refractivity contribution in [2.75, 3.05) is 6.61 Å². The Morgan fingerprint density at radius 2 is 2.22 bits per heavy atom. The molecule has 1 rings (SSSR count). The van der Waals surface area contributed by atoms with Crippen molar-refractivity contribution in [3.8, 4) is 5.75 Å². The van der Waals surface area contributed by atoms with E-state index >= 15 is 0 Å². The Morgan fingerprint density at radius 3 is 2.78 bits per heavy atom. The Hall–Kier alpha value is -2.44. The van der Waals surface area contributed by atoms with E-state index in [1.165, 1.54) is 18.2 Å². The molecule has 0 amide bonds. The first-order valence-electron chi connectivity index (χ1n) is 5.13. The lowest BCUT2D eigenvalue weighted by molar-refractivity contribution is -0.385. The lowest BCUT2D eigenvalue weighted by Gasteiger charge is -2.05. The van der Waals surface area contributed by atoms with Gasteiger partial charge in [0.15, 0.2) is 6.29 Å². The Morgan fingerprint density at radius 1 is 1.50 bits per heavy atom. The molecule has 0 saturated carbocycles. The van der Waals surface area contributed by atoms with Crippen molar-refractivity contribution in [3.63, 3.8) is 0 Å². The number of benzene rings is 1. The van der Waals surface area contributed by atoms with Gasteiger partial charge in [-0.25, -0.2) is 0 Å². The molecular weight excluding hydrogens is 242 g/mol. The minimum atomic E-state index is -0.920. The number of nitro benzene ring substituents is 1. The molecule has 1 aromatic carbocycles. The largest absolute Gasteiger partial charge is 0.494 e. The highest BCUT2D eigenvalue weighted by atomic mass is 16.6. The molecule has 96 valence electrons. The average Bonchev–Trinajstić information content (AvgIpc) is 2.33. The van der Waals surface area contributed by atoms with Crippen LogP contribution in [0.15, 0.2) is 18.2 Å². The normalized spacial score (nSPS) is 9.78. The predicted octanol–water partition coefficient (Wildman–Crippen LogP) is 1.65. The fourth-order valence-corrected chi connectivity index (χ4v) is 1.30. The summed E-state index contributed by atoms with van der Waals surface area (Å²) in [5, 5.41) is 19.0. The van der Waals surface area contributed by atoms with Gasteiger partial charge in [0.25, 0.3) is 5.69 Å². The third kappa shape index (κ3) is 3.85. The SMILES string of the molecule is O=Cc1cc(OCCCC(=O)O)ccc1[N+](=O)[O-]. The fraction of sp³-hybridized carbons (Fsp3) is 0.273. The van der Waals surface area contributed by atoms with Crippen molar-refractivity contribution in [1.29, 1.82) is 0 Å². The van der Waals surface area contributed by atoms with Crippen molar-refractivity contribution in [2.24, 2.45) is 0 Å². The summed E-state index contributed by atoms with van der Waals surface area (Å²) in [5.74, 6) is -0.621. The Balaban J connectivity index is 2.65. The van der Waals surface area contributed by atoms with E-state index in [1.54, 1.807) is 0 Å². The molecule has 1 N–H and O–H groups in total. The lowest BCUT2D eigenvalue weighted by atomic mass is 10.2. The van der Waals surface area contributed by atoms with Gasteiger partial charge >= 0.3 is 5.97 Å².